The van der Waals surface area contributed by atoms with E-state index < -0.39 is 18.2 Å². The molecule has 8 nitrogen and oxygen atoms in total. The van der Waals surface area contributed by atoms with Crippen LogP contribution in [0.15, 0.2) is 30.3 Å². The highest BCUT2D eigenvalue weighted by Gasteiger charge is 2.38. The molecule has 3 rings (SSSR count). The summed E-state index contributed by atoms with van der Waals surface area (Å²) in [7, 11) is 0. The first-order valence-corrected chi connectivity index (χ1v) is 12.9. The Labute approximate surface area is 226 Å². The lowest BCUT2D eigenvalue weighted by molar-refractivity contribution is -0.192. The maximum atomic E-state index is 12.7. The van der Waals surface area contributed by atoms with Gasteiger partial charge in [-0.15, -0.1) is 0 Å². The number of carbonyl (C=O) groups is 2. The number of hydrogen-bond acceptors (Lipinski definition) is 6. The van der Waals surface area contributed by atoms with E-state index in [1.807, 2.05) is 26.8 Å². The summed E-state index contributed by atoms with van der Waals surface area (Å²) < 4.78 is 37.5. The summed E-state index contributed by atoms with van der Waals surface area (Å²) in [5.74, 6) is -1.92. The molecule has 1 saturated heterocycles. The van der Waals surface area contributed by atoms with Crippen LogP contribution < -0.4 is 15.8 Å². The minimum Gasteiger partial charge on any atom is -0.508 e. The zero-order valence-corrected chi connectivity index (χ0v) is 22.6. The Balaban J connectivity index is 0.000000673. The highest BCUT2D eigenvalue weighted by Crippen LogP contribution is 2.24. The van der Waals surface area contributed by atoms with Gasteiger partial charge in [0.25, 0.3) is 0 Å². The first kappa shape index (κ1) is 31.9. The number of carboxylic acid groups (broad SMARTS) is 1. The van der Waals surface area contributed by atoms with Crippen molar-refractivity contribution in [2.75, 3.05) is 19.7 Å². The number of aryl methyl sites for hydroxylation is 2. The van der Waals surface area contributed by atoms with Crippen LogP contribution >= 0.6 is 0 Å². The molecule has 1 aliphatic rings. The smallest absolute Gasteiger partial charge is 0.490 e. The van der Waals surface area contributed by atoms with Gasteiger partial charge in [-0.3, -0.25) is 9.69 Å². The van der Waals surface area contributed by atoms with Gasteiger partial charge in [0, 0.05) is 18.7 Å². The van der Waals surface area contributed by atoms with Gasteiger partial charge in [0.2, 0.25) is 5.91 Å². The predicted octanol–water partition coefficient (Wildman–Crippen LogP) is 4.21. The van der Waals surface area contributed by atoms with Crippen molar-refractivity contribution >= 4 is 11.9 Å². The highest BCUT2D eigenvalue weighted by molar-refractivity contribution is 5.82. The Kier molecular flexibility index (Phi) is 12.1. The second kappa shape index (κ2) is 14.7. The average molecular weight is 554 g/mol. The summed E-state index contributed by atoms with van der Waals surface area (Å²) in [5.41, 5.74) is 11.3. The number of alkyl halides is 3. The number of nitrogens with two attached hydrogens (primary N) is 1. The van der Waals surface area contributed by atoms with Crippen LogP contribution in [0.1, 0.15) is 54.0 Å². The summed E-state index contributed by atoms with van der Waals surface area (Å²) in [6.07, 6.45) is -0.812. The second-order valence-electron chi connectivity index (χ2n) is 9.60. The largest absolute Gasteiger partial charge is 0.508 e. The number of benzene rings is 2. The van der Waals surface area contributed by atoms with Gasteiger partial charge in [0.05, 0.1) is 12.6 Å². The first-order valence-electron chi connectivity index (χ1n) is 12.9. The normalized spacial score (nSPS) is 14.6. The van der Waals surface area contributed by atoms with Crippen molar-refractivity contribution in [2.45, 2.75) is 71.8 Å². The Morgan fingerprint density at radius 1 is 1.10 bits per heavy atom. The monoisotopic (exact) mass is 553 g/mol. The molecule has 1 aliphatic heterocycles. The average Bonchev–Trinajstić information content (AvgIpc) is 2.86. The zero-order valence-electron chi connectivity index (χ0n) is 22.6. The molecule has 0 saturated carbocycles. The Morgan fingerprint density at radius 3 is 2.23 bits per heavy atom. The third kappa shape index (κ3) is 10.4. The number of likely N-dealkylation sites (tertiary alicyclic amines) is 1. The molecule has 5 N–H and O–H groups in total. The minimum atomic E-state index is -5.08. The fourth-order valence-electron chi connectivity index (χ4n) is 4.46. The molecule has 0 aromatic heterocycles. The molecule has 11 heteroatoms. The molecule has 1 amide bonds. The molecule has 39 heavy (non-hydrogen) atoms. The fraction of sp³-hybridized carbons (Fsp3) is 0.500. The quantitative estimate of drug-likeness (QED) is 0.367. The van der Waals surface area contributed by atoms with Crippen molar-refractivity contribution in [1.29, 1.82) is 0 Å². The molecule has 0 spiro atoms. The summed E-state index contributed by atoms with van der Waals surface area (Å²) in [4.78, 5) is 24.1. The van der Waals surface area contributed by atoms with E-state index in [2.05, 4.69) is 22.3 Å². The number of amides is 1. The molecule has 2 aromatic carbocycles. The van der Waals surface area contributed by atoms with Crippen molar-refractivity contribution in [3.8, 4) is 11.5 Å². The van der Waals surface area contributed by atoms with E-state index in [4.69, 9.17) is 20.4 Å². The third-order valence-electron chi connectivity index (χ3n) is 6.42. The van der Waals surface area contributed by atoms with Crippen molar-refractivity contribution in [1.82, 2.24) is 10.2 Å². The van der Waals surface area contributed by atoms with Crippen molar-refractivity contribution < 1.29 is 37.7 Å². The van der Waals surface area contributed by atoms with E-state index in [1.54, 1.807) is 12.1 Å². The number of nitrogens with one attached hydrogen (secondary N) is 1. The molecule has 0 aliphatic carbocycles. The minimum absolute atomic E-state index is 0.194. The molecule has 1 fully saturated rings. The van der Waals surface area contributed by atoms with Gasteiger partial charge in [-0.25, -0.2) is 4.79 Å². The van der Waals surface area contributed by atoms with Gasteiger partial charge in [0.15, 0.2) is 0 Å². The SMILES string of the molecule is CCOc1ccc(CN2CCCCC2)cc1CNC(=O)[C@@H](N)Cc1c(C)cc(O)cc1C.O=C(O)C(F)(F)F. The predicted molar refractivity (Wildman–Crippen MR) is 142 cm³/mol. The number of aromatic hydroxyl groups is 1. The third-order valence-corrected chi connectivity index (χ3v) is 6.42. The Bertz CT molecular complexity index is 1100. The van der Waals surface area contributed by atoms with Crippen LogP contribution in [0, 0.1) is 13.8 Å². The maximum Gasteiger partial charge on any atom is 0.490 e. The number of carbonyl (C=O) groups excluding carboxylic acids is 1. The lowest BCUT2D eigenvalue weighted by Gasteiger charge is -2.26. The van der Waals surface area contributed by atoms with E-state index in [0.717, 1.165) is 47.6 Å². The van der Waals surface area contributed by atoms with E-state index in [0.29, 0.717) is 19.6 Å². The van der Waals surface area contributed by atoms with Gasteiger partial charge in [-0.2, -0.15) is 13.2 Å². The van der Waals surface area contributed by atoms with E-state index in [9.17, 15) is 23.1 Å². The van der Waals surface area contributed by atoms with Gasteiger partial charge in [-0.1, -0.05) is 12.5 Å². The number of rotatable bonds is 9. The number of nitrogens with zero attached hydrogens (tertiary/aromatic N) is 1. The molecule has 0 unspecified atom stereocenters. The first-order chi connectivity index (χ1) is 18.3. The van der Waals surface area contributed by atoms with Crippen LogP contribution in [0.5, 0.6) is 11.5 Å². The lowest BCUT2D eigenvalue weighted by Crippen LogP contribution is -2.42. The maximum absolute atomic E-state index is 12.7. The number of hydrogen-bond donors (Lipinski definition) is 4. The van der Waals surface area contributed by atoms with Gasteiger partial charge in [0.1, 0.15) is 11.5 Å². The van der Waals surface area contributed by atoms with E-state index in [-0.39, 0.29) is 11.7 Å². The standard InChI is InChI=1S/C26H37N3O3.C2HF3O2/c1-4-32-25-9-8-20(17-29-10-6-5-7-11-29)14-21(25)16-28-26(31)24(27)15-23-18(2)12-22(30)13-19(23)3;3-2(4,5)1(6)7/h8-9,12-14,24,30H,4-7,10-11,15-17,27H2,1-3H3,(H,28,31);(H,6,7)/t24-;/m0./s1. The second-order valence-corrected chi connectivity index (χ2v) is 9.60. The highest BCUT2D eigenvalue weighted by atomic mass is 19.4. The molecular formula is C28H38F3N3O5. The summed E-state index contributed by atoms with van der Waals surface area (Å²) >= 11 is 0. The van der Waals surface area contributed by atoms with Crippen LogP contribution in [0.25, 0.3) is 0 Å². The fourth-order valence-corrected chi connectivity index (χ4v) is 4.46. The summed E-state index contributed by atoms with van der Waals surface area (Å²) in [5, 5.41) is 19.9. The number of carboxylic acids is 1. The Hall–Kier alpha value is -3.31. The molecule has 1 heterocycles. The Morgan fingerprint density at radius 2 is 1.69 bits per heavy atom. The summed E-state index contributed by atoms with van der Waals surface area (Å²) in [6, 6.07) is 9.01. The molecule has 2 aromatic rings. The van der Waals surface area contributed by atoms with Crippen LogP contribution in [0.3, 0.4) is 0 Å². The van der Waals surface area contributed by atoms with Gasteiger partial charge >= 0.3 is 12.1 Å². The van der Waals surface area contributed by atoms with Gasteiger partial charge < -0.3 is 26.0 Å². The van der Waals surface area contributed by atoms with E-state index >= 15 is 0 Å². The van der Waals surface area contributed by atoms with Crippen LogP contribution in [-0.2, 0) is 29.1 Å². The van der Waals surface area contributed by atoms with Crippen molar-refractivity contribution in [2.24, 2.45) is 5.73 Å². The molecular weight excluding hydrogens is 515 g/mol. The lowest BCUT2D eigenvalue weighted by atomic mass is 9.96. The molecule has 0 bridgehead atoms. The van der Waals surface area contributed by atoms with Crippen LogP contribution in [-0.4, -0.2) is 58.9 Å². The van der Waals surface area contributed by atoms with Crippen LogP contribution in [0.2, 0.25) is 0 Å². The summed E-state index contributed by atoms with van der Waals surface area (Å²) in [6.45, 7) is 9.97. The number of ether oxygens (including phenoxy) is 1. The van der Waals surface area contributed by atoms with Crippen LogP contribution in [0.4, 0.5) is 13.2 Å². The zero-order chi connectivity index (χ0) is 29.2. The number of halogens is 3. The van der Waals surface area contributed by atoms with Crippen molar-refractivity contribution in [3.05, 3.63) is 58.1 Å². The topological polar surface area (TPSA) is 125 Å². The molecule has 0 radical (unpaired) electrons. The molecule has 216 valence electrons. The number of phenols is 1. The molecule has 1 atom stereocenters. The number of piperidine rings is 1. The van der Waals surface area contributed by atoms with Crippen molar-refractivity contribution in [3.63, 3.8) is 0 Å². The van der Waals surface area contributed by atoms with Gasteiger partial charge in [-0.05, 0) is 99.6 Å². The number of phenolic OH excluding ortho intramolecular Hbond substituents is 1. The van der Waals surface area contributed by atoms with E-state index in [1.165, 1.54) is 24.8 Å². The number of aliphatic carboxylic acids is 1.